The van der Waals surface area contributed by atoms with Crippen LogP contribution in [0.2, 0.25) is 0 Å². The van der Waals surface area contributed by atoms with E-state index in [9.17, 15) is 9.18 Å². The van der Waals surface area contributed by atoms with Crippen LogP contribution in [0.3, 0.4) is 0 Å². The molecule has 3 aromatic rings. The molecule has 2 aromatic heterocycles. The summed E-state index contributed by atoms with van der Waals surface area (Å²) in [7, 11) is 0. The Balaban J connectivity index is 1.39. The summed E-state index contributed by atoms with van der Waals surface area (Å²) in [6.07, 6.45) is 2.09. The molecule has 1 aliphatic heterocycles. The Kier molecular flexibility index (Phi) is 5.77. The highest BCUT2D eigenvalue weighted by atomic mass is 32.1. The highest BCUT2D eigenvalue weighted by Gasteiger charge is 2.27. The summed E-state index contributed by atoms with van der Waals surface area (Å²) in [4.78, 5) is 18.8. The number of hydrogen-bond donors (Lipinski definition) is 1. The van der Waals surface area contributed by atoms with Crippen molar-refractivity contribution in [2.24, 2.45) is 0 Å². The second-order valence-electron chi connectivity index (χ2n) is 6.77. The van der Waals surface area contributed by atoms with Gasteiger partial charge in [0, 0.05) is 19.2 Å². The number of amides is 1. The number of carbonyl (C=O) groups is 1. The number of rotatable bonds is 5. The fourth-order valence-electron chi connectivity index (χ4n) is 3.23. The van der Waals surface area contributed by atoms with Crippen molar-refractivity contribution < 1.29 is 13.9 Å². The van der Waals surface area contributed by atoms with Crippen LogP contribution in [0.5, 0.6) is 0 Å². The van der Waals surface area contributed by atoms with Gasteiger partial charge in [0.2, 0.25) is 11.0 Å². The van der Waals surface area contributed by atoms with E-state index in [0.717, 1.165) is 11.3 Å². The number of nitrogens with two attached hydrogens (primary N) is 1. The van der Waals surface area contributed by atoms with Crippen LogP contribution < -0.4 is 5.73 Å². The molecule has 1 aliphatic rings. The van der Waals surface area contributed by atoms with Crippen molar-refractivity contribution in [3.05, 3.63) is 70.2 Å². The van der Waals surface area contributed by atoms with Crippen LogP contribution in [0, 0.1) is 5.82 Å². The van der Waals surface area contributed by atoms with Gasteiger partial charge in [-0.2, -0.15) is 0 Å². The molecule has 0 spiro atoms. The van der Waals surface area contributed by atoms with E-state index < -0.39 is 0 Å². The normalized spacial score (nSPS) is 16.7. The van der Waals surface area contributed by atoms with Gasteiger partial charge in [0.25, 0.3) is 0 Å². The number of carbonyl (C=O) groups excluding carboxylic acids is 1. The summed E-state index contributed by atoms with van der Waals surface area (Å²) >= 11 is 1.22. The average molecular weight is 413 g/mol. The maximum atomic E-state index is 13.8. The van der Waals surface area contributed by atoms with Crippen LogP contribution in [-0.2, 0) is 22.4 Å². The van der Waals surface area contributed by atoms with Crippen molar-refractivity contribution in [2.45, 2.75) is 18.9 Å². The number of benzene rings is 1. The highest BCUT2D eigenvalue weighted by molar-refractivity contribution is 7.15. The molecular formula is C20H20FN5O2S. The minimum absolute atomic E-state index is 0.0365. The molecule has 1 fully saturated rings. The first-order chi connectivity index (χ1) is 14.1. The zero-order valence-corrected chi connectivity index (χ0v) is 16.4. The molecule has 1 saturated heterocycles. The molecule has 9 heteroatoms. The van der Waals surface area contributed by atoms with E-state index in [-0.39, 0.29) is 24.2 Å². The summed E-state index contributed by atoms with van der Waals surface area (Å²) in [5.74, 6) is -0.260. The third-order valence-electron chi connectivity index (χ3n) is 4.73. The van der Waals surface area contributed by atoms with Crippen LogP contribution >= 0.6 is 11.3 Å². The van der Waals surface area contributed by atoms with Crippen LogP contribution in [0.4, 0.5) is 9.52 Å². The minimum atomic E-state index is -0.297. The lowest BCUT2D eigenvalue weighted by Crippen LogP contribution is -2.43. The van der Waals surface area contributed by atoms with E-state index in [1.165, 1.54) is 17.4 Å². The van der Waals surface area contributed by atoms with Gasteiger partial charge >= 0.3 is 0 Å². The second kappa shape index (κ2) is 8.62. The summed E-state index contributed by atoms with van der Waals surface area (Å²) in [5, 5.41) is 8.60. The Bertz CT molecular complexity index is 995. The number of anilines is 1. The van der Waals surface area contributed by atoms with Crippen LogP contribution in [0.1, 0.15) is 27.9 Å². The Morgan fingerprint density at radius 3 is 2.86 bits per heavy atom. The summed E-state index contributed by atoms with van der Waals surface area (Å²) in [6, 6.07) is 10.5. The summed E-state index contributed by atoms with van der Waals surface area (Å²) in [6.45, 7) is 1.38. The third-order valence-corrected chi connectivity index (χ3v) is 5.49. The van der Waals surface area contributed by atoms with Crippen LogP contribution in [0.25, 0.3) is 0 Å². The van der Waals surface area contributed by atoms with E-state index in [1.54, 1.807) is 23.2 Å². The molecule has 0 unspecified atom stereocenters. The van der Waals surface area contributed by atoms with Crippen molar-refractivity contribution in [1.29, 1.82) is 0 Å². The predicted molar refractivity (Wildman–Crippen MR) is 107 cm³/mol. The molecular weight excluding hydrogens is 393 g/mol. The lowest BCUT2D eigenvalue weighted by Gasteiger charge is -2.32. The van der Waals surface area contributed by atoms with E-state index in [4.69, 9.17) is 10.5 Å². The minimum Gasteiger partial charge on any atom is -0.374 e. The smallest absolute Gasteiger partial charge is 0.229 e. The summed E-state index contributed by atoms with van der Waals surface area (Å²) in [5.41, 5.74) is 7.86. The third kappa shape index (κ3) is 4.75. The van der Waals surface area contributed by atoms with Crippen molar-refractivity contribution in [3.8, 4) is 0 Å². The maximum Gasteiger partial charge on any atom is 0.229 e. The topological polar surface area (TPSA) is 94.2 Å². The highest BCUT2D eigenvalue weighted by Crippen LogP contribution is 2.23. The Hall–Kier alpha value is -2.91. The standard InChI is InChI=1S/C20H20FN5O2S/c21-15-4-2-1-3-14(15)9-13-5-6-16(23-11-13)17-12-26(7-8-28-17)19(27)10-18-24-25-20(22)29-18/h1-6,11,17H,7-10,12H2,(H2,22,25)/t17-/m1/s1. The number of nitrogens with zero attached hydrogens (tertiary/aromatic N) is 4. The lowest BCUT2D eigenvalue weighted by molar-refractivity contribution is -0.138. The molecule has 1 amide bonds. The van der Waals surface area contributed by atoms with Gasteiger partial charge in [-0.3, -0.25) is 9.78 Å². The molecule has 29 heavy (non-hydrogen) atoms. The van der Waals surface area contributed by atoms with E-state index in [0.29, 0.717) is 41.8 Å². The summed E-state index contributed by atoms with van der Waals surface area (Å²) < 4.78 is 19.6. The number of hydrogen-bond acceptors (Lipinski definition) is 7. The molecule has 0 radical (unpaired) electrons. The predicted octanol–water partition coefficient (Wildman–Crippen LogP) is 2.39. The maximum absolute atomic E-state index is 13.8. The first kappa shape index (κ1) is 19.4. The molecule has 7 nitrogen and oxygen atoms in total. The molecule has 1 atom stereocenters. The number of pyridine rings is 1. The van der Waals surface area contributed by atoms with Gasteiger partial charge < -0.3 is 15.4 Å². The molecule has 0 bridgehead atoms. The van der Waals surface area contributed by atoms with Crippen molar-refractivity contribution in [1.82, 2.24) is 20.1 Å². The van der Waals surface area contributed by atoms with Gasteiger partial charge in [-0.15, -0.1) is 10.2 Å². The van der Waals surface area contributed by atoms with Gasteiger partial charge in [-0.05, 0) is 23.3 Å². The number of morpholine rings is 1. The Morgan fingerprint density at radius 1 is 1.28 bits per heavy atom. The van der Waals surface area contributed by atoms with E-state index in [1.807, 2.05) is 18.2 Å². The van der Waals surface area contributed by atoms with Gasteiger partial charge in [-0.25, -0.2) is 4.39 Å². The molecule has 4 rings (SSSR count). The first-order valence-corrected chi connectivity index (χ1v) is 10.1. The van der Waals surface area contributed by atoms with Gasteiger partial charge in [0.1, 0.15) is 16.9 Å². The van der Waals surface area contributed by atoms with Crippen molar-refractivity contribution in [3.63, 3.8) is 0 Å². The van der Waals surface area contributed by atoms with E-state index >= 15 is 0 Å². The number of ether oxygens (including phenoxy) is 1. The monoisotopic (exact) mass is 413 g/mol. The number of halogens is 1. The van der Waals surface area contributed by atoms with Gasteiger partial charge in [0.15, 0.2) is 0 Å². The second-order valence-corrected chi connectivity index (χ2v) is 7.86. The fourth-order valence-corrected chi connectivity index (χ4v) is 3.83. The quantitative estimate of drug-likeness (QED) is 0.690. The first-order valence-electron chi connectivity index (χ1n) is 9.24. The molecule has 2 N–H and O–H groups in total. The van der Waals surface area contributed by atoms with Gasteiger partial charge in [-0.1, -0.05) is 35.6 Å². The SMILES string of the molecule is Nc1nnc(CC(=O)N2CCO[C@@H](c3ccc(Cc4ccccc4F)cn3)C2)s1. The molecule has 150 valence electrons. The fraction of sp³-hybridized carbons (Fsp3) is 0.300. The molecule has 1 aromatic carbocycles. The average Bonchev–Trinajstić information content (AvgIpc) is 3.15. The Labute approximate surface area is 171 Å². The Morgan fingerprint density at radius 2 is 2.14 bits per heavy atom. The molecule has 0 aliphatic carbocycles. The number of nitrogen functional groups attached to an aromatic ring is 1. The lowest BCUT2D eigenvalue weighted by atomic mass is 10.1. The van der Waals surface area contributed by atoms with Crippen molar-refractivity contribution >= 4 is 22.4 Å². The zero-order valence-electron chi connectivity index (χ0n) is 15.6. The zero-order chi connectivity index (χ0) is 20.2. The van der Waals surface area contributed by atoms with Crippen LogP contribution in [-0.4, -0.2) is 45.7 Å². The molecule has 0 saturated carbocycles. The largest absolute Gasteiger partial charge is 0.374 e. The van der Waals surface area contributed by atoms with Crippen molar-refractivity contribution in [2.75, 3.05) is 25.4 Å². The van der Waals surface area contributed by atoms with Crippen LogP contribution in [0.15, 0.2) is 42.6 Å². The number of aromatic nitrogens is 3. The van der Waals surface area contributed by atoms with E-state index in [2.05, 4.69) is 15.2 Å². The molecule has 3 heterocycles. The van der Waals surface area contributed by atoms with Gasteiger partial charge in [0.05, 0.1) is 25.3 Å².